The summed E-state index contributed by atoms with van der Waals surface area (Å²) >= 11 is 0. The SMILES string of the molecule is FC(F)(F)c1cc(-c2ccccn2)n(-c2ccc3c(c2)CC(N2CCOCC2)C3)n1. The van der Waals surface area contributed by atoms with E-state index in [4.69, 9.17) is 4.74 Å². The summed E-state index contributed by atoms with van der Waals surface area (Å²) in [6.07, 6.45) is -1.12. The number of pyridine rings is 1. The minimum absolute atomic E-state index is 0.325. The molecular weight excluding hydrogens is 393 g/mol. The molecule has 2 aromatic heterocycles. The fraction of sp³-hybridized carbons (Fsp3) is 0.364. The lowest BCUT2D eigenvalue weighted by molar-refractivity contribution is -0.141. The number of morpholine rings is 1. The molecule has 1 aliphatic carbocycles. The lowest BCUT2D eigenvalue weighted by atomic mass is 10.1. The van der Waals surface area contributed by atoms with Crippen molar-refractivity contribution >= 4 is 0 Å². The van der Waals surface area contributed by atoms with Gasteiger partial charge >= 0.3 is 6.18 Å². The molecule has 1 atom stereocenters. The van der Waals surface area contributed by atoms with Gasteiger partial charge in [-0.15, -0.1) is 0 Å². The van der Waals surface area contributed by atoms with E-state index < -0.39 is 11.9 Å². The zero-order valence-electron chi connectivity index (χ0n) is 16.3. The van der Waals surface area contributed by atoms with Crippen LogP contribution in [-0.2, 0) is 23.8 Å². The van der Waals surface area contributed by atoms with Gasteiger partial charge in [0.05, 0.1) is 30.3 Å². The van der Waals surface area contributed by atoms with E-state index in [9.17, 15) is 13.2 Å². The van der Waals surface area contributed by atoms with Crippen LogP contribution >= 0.6 is 0 Å². The molecule has 0 saturated carbocycles. The third-order valence-corrected chi connectivity index (χ3v) is 5.83. The zero-order valence-corrected chi connectivity index (χ0v) is 16.3. The normalized spacial score (nSPS) is 19.8. The van der Waals surface area contributed by atoms with Crippen LogP contribution in [0.1, 0.15) is 16.8 Å². The Bertz CT molecular complexity index is 1040. The summed E-state index contributed by atoms with van der Waals surface area (Å²) in [5.41, 5.74) is 2.89. The molecule has 0 spiro atoms. The van der Waals surface area contributed by atoms with Crippen molar-refractivity contribution in [3.8, 4) is 17.1 Å². The molecule has 2 aliphatic rings. The summed E-state index contributed by atoms with van der Waals surface area (Å²) in [5, 5.41) is 3.89. The van der Waals surface area contributed by atoms with Crippen LogP contribution in [0.3, 0.4) is 0 Å². The van der Waals surface area contributed by atoms with Gasteiger partial charge in [-0.25, -0.2) is 4.68 Å². The van der Waals surface area contributed by atoms with E-state index in [2.05, 4.69) is 15.0 Å². The van der Waals surface area contributed by atoms with E-state index in [1.807, 2.05) is 18.2 Å². The molecule has 1 saturated heterocycles. The summed E-state index contributed by atoms with van der Waals surface area (Å²) in [6, 6.07) is 12.5. The van der Waals surface area contributed by atoms with Gasteiger partial charge in [0.1, 0.15) is 0 Å². The molecule has 156 valence electrons. The van der Waals surface area contributed by atoms with Crippen molar-refractivity contribution in [3.63, 3.8) is 0 Å². The van der Waals surface area contributed by atoms with Crippen LogP contribution < -0.4 is 0 Å². The fourth-order valence-corrected chi connectivity index (χ4v) is 4.33. The monoisotopic (exact) mass is 414 g/mol. The Labute approximate surface area is 172 Å². The number of fused-ring (bicyclic) bond motifs is 1. The molecule has 0 amide bonds. The second-order valence-electron chi connectivity index (χ2n) is 7.70. The Balaban J connectivity index is 1.50. The molecule has 1 aromatic carbocycles. The third kappa shape index (κ3) is 3.61. The quantitative estimate of drug-likeness (QED) is 0.655. The molecule has 8 heteroatoms. The first kappa shape index (κ1) is 19.3. The highest BCUT2D eigenvalue weighted by atomic mass is 19.4. The largest absolute Gasteiger partial charge is 0.435 e. The van der Waals surface area contributed by atoms with E-state index in [-0.39, 0.29) is 0 Å². The number of ether oxygens (including phenoxy) is 1. The molecular formula is C22H21F3N4O. The van der Waals surface area contributed by atoms with Crippen molar-refractivity contribution in [2.24, 2.45) is 0 Å². The predicted octanol–water partition coefficient (Wildman–Crippen LogP) is 3.75. The first-order valence-electron chi connectivity index (χ1n) is 10.0. The Kier molecular flexibility index (Phi) is 4.83. The minimum atomic E-state index is -4.52. The van der Waals surface area contributed by atoms with Crippen LogP contribution in [0, 0.1) is 0 Å². The molecule has 0 N–H and O–H groups in total. The van der Waals surface area contributed by atoms with Crippen LogP contribution in [0.2, 0.25) is 0 Å². The highest BCUT2D eigenvalue weighted by Crippen LogP contribution is 2.34. The van der Waals surface area contributed by atoms with Gasteiger partial charge in [-0.05, 0) is 54.3 Å². The van der Waals surface area contributed by atoms with Crippen molar-refractivity contribution < 1.29 is 17.9 Å². The molecule has 0 radical (unpaired) electrons. The number of halogens is 3. The summed E-state index contributed by atoms with van der Waals surface area (Å²) in [5.74, 6) is 0. The van der Waals surface area contributed by atoms with Crippen molar-refractivity contribution in [1.82, 2.24) is 19.7 Å². The van der Waals surface area contributed by atoms with Crippen LogP contribution in [-0.4, -0.2) is 52.0 Å². The Morgan fingerprint density at radius 2 is 1.77 bits per heavy atom. The Morgan fingerprint density at radius 3 is 2.50 bits per heavy atom. The number of alkyl halides is 3. The van der Waals surface area contributed by atoms with Crippen LogP contribution in [0.15, 0.2) is 48.7 Å². The van der Waals surface area contributed by atoms with Crippen LogP contribution in [0.25, 0.3) is 17.1 Å². The molecule has 3 aromatic rings. The van der Waals surface area contributed by atoms with Gasteiger partial charge in [-0.1, -0.05) is 12.1 Å². The number of benzene rings is 1. The van der Waals surface area contributed by atoms with Crippen molar-refractivity contribution in [2.75, 3.05) is 26.3 Å². The van der Waals surface area contributed by atoms with Crippen molar-refractivity contribution in [2.45, 2.75) is 25.1 Å². The average Bonchev–Trinajstić information content (AvgIpc) is 3.39. The fourth-order valence-electron chi connectivity index (χ4n) is 4.33. The number of hydrogen-bond donors (Lipinski definition) is 0. The van der Waals surface area contributed by atoms with E-state index >= 15 is 0 Å². The van der Waals surface area contributed by atoms with Crippen molar-refractivity contribution in [1.29, 1.82) is 0 Å². The second kappa shape index (κ2) is 7.52. The maximum Gasteiger partial charge on any atom is 0.435 e. The first-order chi connectivity index (χ1) is 14.5. The standard InChI is InChI=1S/C22H21F3N4O/c23-22(24,25)21-14-20(19-3-1-2-6-26-19)29(27-21)17-5-4-15-11-18(13-16(15)12-17)28-7-9-30-10-8-28/h1-6,12,14,18H,7-11,13H2. The molecule has 3 heterocycles. The third-order valence-electron chi connectivity index (χ3n) is 5.83. The van der Waals surface area contributed by atoms with Crippen LogP contribution in [0.5, 0.6) is 0 Å². The van der Waals surface area contributed by atoms with Gasteiger partial charge in [0.25, 0.3) is 0 Å². The van der Waals surface area contributed by atoms with E-state index in [0.717, 1.165) is 45.2 Å². The zero-order chi connectivity index (χ0) is 20.7. The molecule has 1 fully saturated rings. The van der Waals surface area contributed by atoms with Gasteiger partial charge in [0, 0.05) is 25.3 Å². The molecule has 30 heavy (non-hydrogen) atoms. The van der Waals surface area contributed by atoms with Gasteiger partial charge < -0.3 is 4.74 Å². The van der Waals surface area contributed by atoms with E-state index in [0.29, 0.717) is 23.1 Å². The van der Waals surface area contributed by atoms with E-state index in [1.165, 1.54) is 15.8 Å². The topological polar surface area (TPSA) is 43.2 Å². The van der Waals surface area contributed by atoms with Crippen molar-refractivity contribution in [3.05, 3.63) is 65.5 Å². The predicted molar refractivity (Wildman–Crippen MR) is 105 cm³/mol. The molecule has 5 rings (SSSR count). The number of nitrogens with zero attached hydrogens (tertiary/aromatic N) is 4. The van der Waals surface area contributed by atoms with Gasteiger partial charge in [0.2, 0.25) is 0 Å². The lowest BCUT2D eigenvalue weighted by Gasteiger charge is -2.32. The van der Waals surface area contributed by atoms with Gasteiger partial charge in [-0.3, -0.25) is 9.88 Å². The molecule has 5 nitrogen and oxygen atoms in total. The summed E-state index contributed by atoms with van der Waals surface area (Å²) in [7, 11) is 0. The smallest absolute Gasteiger partial charge is 0.379 e. The lowest BCUT2D eigenvalue weighted by Crippen LogP contribution is -2.43. The second-order valence-corrected chi connectivity index (χ2v) is 7.70. The summed E-state index contributed by atoms with van der Waals surface area (Å²) in [4.78, 5) is 6.67. The first-order valence-corrected chi connectivity index (χ1v) is 10.0. The maximum atomic E-state index is 13.4. The van der Waals surface area contributed by atoms with Crippen LogP contribution in [0.4, 0.5) is 13.2 Å². The number of rotatable bonds is 3. The Morgan fingerprint density at radius 1 is 0.967 bits per heavy atom. The molecule has 0 bridgehead atoms. The van der Waals surface area contributed by atoms with Gasteiger partial charge in [0.15, 0.2) is 5.69 Å². The number of aromatic nitrogens is 3. The number of hydrogen-bond acceptors (Lipinski definition) is 4. The Hall–Kier alpha value is -2.71. The summed E-state index contributed by atoms with van der Waals surface area (Å²) < 4.78 is 46.9. The molecule has 1 aliphatic heterocycles. The maximum absolute atomic E-state index is 13.4. The average molecular weight is 414 g/mol. The summed E-state index contributed by atoms with van der Waals surface area (Å²) in [6.45, 7) is 3.34. The minimum Gasteiger partial charge on any atom is -0.379 e. The highest BCUT2D eigenvalue weighted by Gasteiger charge is 2.36. The van der Waals surface area contributed by atoms with Gasteiger partial charge in [-0.2, -0.15) is 18.3 Å². The molecule has 1 unspecified atom stereocenters. The van der Waals surface area contributed by atoms with E-state index in [1.54, 1.807) is 24.4 Å². The highest BCUT2D eigenvalue weighted by molar-refractivity contribution is 5.59.